The van der Waals surface area contributed by atoms with Crippen molar-refractivity contribution in [2.75, 3.05) is 11.5 Å². The first-order chi connectivity index (χ1) is 13.2. The van der Waals surface area contributed by atoms with Gasteiger partial charge in [0.25, 0.3) is 0 Å². The molecule has 0 N–H and O–H groups in total. The van der Waals surface area contributed by atoms with Crippen LogP contribution in [0.2, 0.25) is 0 Å². The first-order valence-electron chi connectivity index (χ1n) is 11.1. The van der Waals surface area contributed by atoms with Crippen LogP contribution in [0.25, 0.3) is 0 Å². The summed E-state index contributed by atoms with van der Waals surface area (Å²) in [5, 5.41) is 0. The summed E-state index contributed by atoms with van der Waals surface area (Å²) in [5.41, 5.74) is -1.11. The Hall–Kier alpha value is -0.0700. The molecular formula is C22H39NO3S2. The summed E-state index contributed by atoms with van der Waals surface area (Å²) in [7, 11) is 0. The summed E-state index contributed by atoms with van der Waals surface area (Å²) in [4.78, 5) is 15.1. The van der Waals surface area contributed by atoms with Gasteiger partial charge in [-0.1, -0.05) is 32.1 Å². The van der Waals surface area contributed by atoms with E-state index in [4.69, 9.17) is 9.47 Å². The minimum Gasteiger partial charge on any atom is -0.444 e. The Morgan fingerprint density at radius 1 is 1.07 bits per heavy atom. The number of rotatable bonds is 4. The molecule has 3 rings (SSSR count). The average molecular weight is 430 g/mol. The van der Waals surface area contributed by atoms with Crippen LogP contribution in [0.15, 0.2) is 0 Å². The molecular weight excluding hydrogens is 390 g/mol. The Labute approximate surface area is 180 Å². The minimum atomic E-state index is -0.615. The molecule has 0 aromatic rings. The van der Waals surface area contributed by atoms with E-state index in [0.717, 1.165) is 12.8 Å². The van der Waals surface area contributed by atoms with Crippen LogP contribution in [0.5, 0.6) is 0 Å². The molecule has 3 aliphatic rings. The van der Waals surface area contributed by atoms with Crippen molar-refractivity contribution < 1.29 is 14.3 Å². The Morgan fingerprint density at radius 2 is 1.71 bits per heavy atom. The van der Waals surface area contributed by atoms with Crippen LogP contribution in [-0.4, -0.2) is 50.6 Å². The Bertz CT molecular complexity index is 522. The van der Waals surface area contributed by atoms with E-state index >= 15 is 0 Å². The van der Waals surface area contributed by atoms with Crippen molar-refractivity contribution in [2.24, 2.45) is 5.92 Å². The van der Waals surface area contributed by atoms with E-state index in [1.807, 2.05) is 39.5 Å². The Balaban J connectivity index is 1.77. The van der Waals surface area contributed by atoms with Gasteiger partial charge in [-0.05, 0) is 71.3 Å². The summed E-state index contributed by atoms with van der Waals surface area (Å²) < 4.78 is 12.9. The van der Waals surface area contributed by atoms with E-state index < -0.39 is 11.3 Å². The number of hydrogen-bond donors (Lipinski definition) is 0. The van der Waals surface area contributed by atoms with Crippen molar-refractivity contribution in [1.29, 1.82) is 0 Å². The molecule has 0 aromatic carbocycles. The topological polar surface area (TPSA) is 38.8 Å². The summed E-state index contributed by atoms with van der Waals surface area (Å²) in [6.07, 6.45) is 9.86. The molecule has 3 fully saturated rings. The lowest BCUT2D eigenvalue weighted by Crippen LogP contribution is -2.51. The van der Waals surface area contributed by atoms with Crippen LogP contribution in [0.1, 0.15) is 86.0 Å². The maximum Gasteiger partial charge on any atom is 0.412 e. The predicted octanol–water partition coefficient (Wildman–Crippen LogP) is 6.28. The van der Waals surface area contributed by atoms with E-state index in [9.17, 15) is 4.79 Å². The lowest BCUT2D eigenvalue weighted by Gasteiger charge is -2.37. The van der Waals surface area contributed by atoms with Gasteiger partial charge in [0.2, 0.25) is 0 Å². The van der Waals surface area contributed by atoms with Gasteiger partial charge in [0.1, 0.15) is 11.3 Å². The predicted molar refractivity (Wildman–Crippen MR) is 120 cm³/mol. The number of carbonyl (C=O) groups excluding carboxylic acids is 1. The molecule has 2 saturated heterocycles. The van der Waals surface area contributed by atoms with Crippen LogP contribution in [0, 0.1) is 5.92 Å². The van der Waals surface area contributed by atoms with Crippen LogP contribution < -0.4 is 0 Å². The molecule has 1 saturated carbocycles. The normalized spacial score (nSPS) is 29.8. The highest BCUT2D eigenvalue weighted by Gasteiger charge is 2.52. The number of thioether (sulfide) groups is 2. The van der Waals surface area contributed by atoms with Crippen molar-refractivity contribution in [3.8, 4) is 0 Å². The van der Waals surface area contributed by atoms with Crippen LogP contribution in [0.4, 0.5) is 4.79 Å². The second-order valence-corrected chi connectivity index (χ2v) is 12.9. The molecule has 4 nitrogen and oxygen atoms in total. The van der Waals surface area contributed by atoms with Gasteiger partial charge in [-0.3, -0.25) is 4.90 Å². The van der Waals surface area contributed by atoms with Crippen LogP contribution >= 0.6 is 23.5 Å². The fourth-order valence-corrected chi connectivity index (χ4v) is 7.77. The third kappa shape index (κ3) is 5.98. The van der Waals surface area contributed by atoms with Crippen LogP contribution in [-0.2, 0) is 9.47 Å². The molecule has 0 spiro atoms. The number of nitrogens with zero attached hydrogens (tertiary/aromatic N) is 1. The highest BCUT2D eigenvalue weighted by Crippen LogP contribution is 2.43. The Kier molecular flexibility index (Phi) is 7.58. The molecule has 162 valence electrons. The summed E-state index contributed by atoms with van der Waals surface area (Å²) in [5.74, 6) is 3.20. The molecule has 1 amide bonds. The zero-order valence-corrected chi connectivity index (χ0v) is 20.0. The smallest absolute Gasteiger partial charge is 0.412 e. The van der Waals surface area contributed by atoms with E-state index in [0.29, 0.717) is 10.5 Å². The maximum atomic E-state index is 13.2. The van der Waals surface area contributed by atoms with Crippen molar-refractivity contribution in [3.05, 3.63) is 0 Å². The molecule has 0 radical (unpaired) electrons. The monoisotopic (exact) mass is 429 g/mol. The van der Waals surface area contributed by atoms with Gasteiger partial charge in [-0.15, -0.1) is 23.5 Å². The van der Waals surface area contributed by atoms with E-state index in [-0.39, 0.29) is 18.2 Å². The first-order valence-corrected chi connectivity index (χ1v) is 13.2. The third-order valence-electron chi connectivity index (χ3n) is 5.99. The van der Waals surface area contributed by atoms with Gasteiger partial charge >= 0.3 is 6.09 Å². The minimum absolute atomic E-state index is 0.104. The van der Waals surface area contributed by atoms with E-state index in [1.165, 1.54) is 50.0 Å². The van der Waals surface area contributed by atoms with Crippen LogP contribution in [0.3, 0.4) is 0 Å². The molecule has 0 bridgehead atoms. The van der Waals surface area contributed by atoms with Gasteiger partial charge in [-0.25, -0.2) is 4.79 Å². The highest BCUT2D eigenvalue weighted by atomic mass is 32.2. The molecule has 1 aliphatic carbocycles. The molecule has 2 atom stereocenters. The Morgan fingerprint density at radius 3 is 2.32 bits per heavy atom. The van der Waals surface area contributed by atoms with Gasteiger partial charge in [-0.2, -0.15) is 0 Å². The third-order valence-corrected chi connectivity index (χ3v) is 8.99. The molecule has 6 heteroatoms. The fraction of sp³-hybridized carbons (Fsp3) is 0.955. The number of hydrogen-bond acceptors (Lipinski definition) is 5. The molecule has 2 heterocycles. The van der Waals surface area contributed by atoms with Crippen molar-refractivity contribution >= 4 is 29.6 Å². The average Bonchev–Trinajstić information content (AvgIpc) is 2.85. The molecule has 2 unspecified atom stereocenters. The second kappa shape index (κ2) is 9.38. The highest BCUT2D eigenvalue weighted by molar-refractivity contribution is 8.17. The van der Waals surface area contributed by atoms with Gasteiger partial charge < -0.3 is 9.47 Å². The fourth-order valence-electron chi connectivity index (χ4n) is 4.83. The molecule has 0 aromatic heterocycles. The summed E-state index contributed by atoms with van der Waals surface area (Å²) in [6, 6.07) is 0.121. The summed E-state index contributed by atoms with van der Waals surface area (Å²) in [6.45, 7) is 9.89. The van der Waals surface area contributed by atoms with Crippen molar-refractivity contribution in [1.82, 2.24) is 4.90 Å². The number of ether oxygens (including phenoxy) is 2. The van der Waals surface area contributed by atoms with E-state index in [2.05, 4.69) is 23.5 Å². The lowest BCUT2D eigenvalue weighted by molar-refractivity contribution is -0.0793. The largest absolute Gasteiger partial charge is 0.444 e. The number of amides is 1. The van der Waals surface area contributed by atoms with Gasteiger partial charge in [0.15, 0.2) is 0 Å². The molecule has 28 heavy (non-hydrogen) atoms. The molecule has 2 aliphatic heterocycles. The number of carbonyl (C=O) groups is 1. The van der Waals surface area contributed by atoms with Gasteiger partial charge in [0, 0.05) is 0 Å². The van der Waals surface area contributed by atoms with E-state index in [1.54, 1.807) is 0 Å². The first kappa shape index (κ1) is 22.6. The maximum absolute atomic E-state index is 13.2. The van der Waals surface area contributed by atoms with Gasteiger partial charge in [0.05, 0.1) is 16.7 Å². The zero-order valence-electron chi connectivity index (χ0n) is 18.4. The zero-order chi connectivity index (χ0) is 20.4. The van der Waals surface area contributed by atoms with Crippen molar-refractivity contribution in [2.45, 2.75) is 114 Å². The second-order valence-electron chi connectivity index (χ2n) is 10.0. The standard InChI is InChI=1S/C22H39NO3S2/c1-21(2,3)26-20(24)23-17(14-16-10-7-6-8-11-16)18(25-22(23,4)5)15-19-27-12-9-13-28-19/h16-19H,6-15H2,1-5H3. The SMILES string of the molecule is CC(C)(C)OC(=O)N1C(CC2CCCCC2)C(CC2SCCCS2)OC1(C)C. The quantitative estimate of drug-likeness (QED) is 0.525. The van der Waals surface area contributed by atoms with Crippen molar-refractivity contribution in [3.63, 3.8) is 0 Å². The lowest BCUT2D eigenvalue weighted by atomic mass is 9.83. The summed E-state index contributed by atoms with van der Waals surface area (Å²) >= 11 is 4.13.